The van der Waals surface area contributed by atoms with Gasteiger partial charge in [-0.25, -0.2) is 9.79 Å². The summed E-state index contributed by atoms with van der Waals surface area (Å²) in [7, 11) is 3.03. The van der Waals surface area contributed by atoms with Crippen molar-refractivity contribution in [2.75, 3.05) is 14.2 Å². The zero-order valence-electron chi connectivity index (χ0n) is 19.4. The van der Waals surface area contributed by atoms with Gasteiger partial charge in [-0.05, 0) is 88.2 Å². The topological polar surface area (TPSA) is 68.2 Å². The van der Waals surface area contributed by atoms with Gasteiger partial charge in [0.15, 0.2) is 5.17 Å². The highest BCUT2D eigenvalue weighted by atomic mass is 79.9. The lowest BCUT2D eigenvalue weighted by atomic mass is 10.1. The summed E-state index contributed by atoms with van der Waals surface area (Å²) in [5, 5.41) is 0.559. The first-order valence-corrected chi connectivity index (χ1v) is 12.4. The third-order valence-corrected chi connectivity index (χ3v) is 6.97. The molecule has 1 aliphatic rings. The molecule has 1 aliphatic heterocycles. The van der Waals surface area contributed by atoms with Crippen LogP contribution in [0.4, 0.5) is 5.69 Å². The lowest BCUT2D eigenvalue weighted by Gasteiger charge is -2.09. The Kier molecular flexibility index (Phi) is 7.73. The number of carbonyl (C=O) groups is 2. The average molecular weight is 551 g/mol. The minimum Gasteiger partial charge on any atom is -0.488 e. The van der Waals surface area contributed by atoms with Crippen LogP contribution in [-0.4, -0.2) is 36.1 Å². The molecule has 0 spiro atoms. The molecule has 1 amide bonds. The Morgan fingerprint density at radius 2 is 1.80 bits per heavy atom. The molecule has 0 atom stereocenters. The van der Waals surface area contributed by atoms with Gasteiger partial charge >= 0.3 is 5.97 Å². The Hall–Kier alpha value is -3.36. The molecule has 6 nitrogen and oxygen atoms in total. The van der Waals surface area contributed by atoms with Crippen LogP contribution >= 0.6 is 27.7 Å². The summed E-state index contributed by atoms with van der Waals surface area (Å²) in [6.07, 6.45) is 1.83. The number of nitrogens with zero attached hydrogens (tertiary/aromatic N) is 2. The lowest BCUT2D eigenvalue weighted by molar-refractivity contribution is -0.121. The molecule has 178 valence electrons. The number of aliphatic imine (C=N–C) groups is 1. The fraction of sp³-hybridized carbons (Fsp3) is 0.148. The maximum atomic E-state index is 12.8. The van der Waals surface area contributed by atoms with Crippen LogP contribution in [0.15, 0.2) is 81.1 Å². The van der Waals surface area contributed by atoms with Crippen molar-refractivity contribution in [2.24, 2.45) is 4.99 Å². The Morgan fingerprint density at radius 1 is 1.09 bits per heavy atom. The zero-order chi connectivity index (χ0) is 24.9. The second-order valence-electron chi connectivity index (χ2n) is 7.87. The number of carbonyl (C=O) groups excluding carboxylic acids is 2. The number of halogens is 1. The number of hydrogen-bond donors (Lipinski definition) is 0. The van der Waals surface area contributed by atoms with Crippen molar-refractivity contribution >= 4 is 56.5 Å². The van der Waals surface area contributed by atoms with Gasteiger partial charge in [-0.1, -0.05) is 35.9 Å². The van der Waals surface area contributed by atoms with E-state index in [4.69, 9.17) is 9.47 Å². The number of rotatable bonds is 6. The summed E-state index contributed by atoms with van der Waals surface area (Å²) < 4.78 is 11.5. The molecule has 3 aromatic rings. The van der Waals surface area contributed by atoms with Crippen LogP contribution in [0.25, 0.3) is 6.08 Å². The molecule has 1 heterocycles. The second-order valence-corrected chi connectivity index (χ2v) is 9.74. The number of aryl methyl sites for hydroxylation is 1. The average Bonchev–Trinajstić information content (AvgIpc) is 3.12. The normalized spacial score (nSPS) is 15.7. The van der Waals surface area contributed by atoms with Crippen LogP contribution in [0, 0.1) is 6.92 Å². The van der Waals surface area contributed by atoms with Crippen molar-refractivity contribution in [1.29, 1.82) is 0 Å². The standard InChI is InChI=1S/C27H23BrN2O4S/c1-17-4-6-18(7-5-17)16-34-23-13-8-19(14-22(23)28)15-24-25(31)30(2)27(35-24)29-21-11-9-20(10-12-21)26(32)33-3/h4-15H,16H2,1-3H3/b24-15-,29-27?. The Morgan fingerprint density at radius 3 is 2.46 bits per heavy atom. The molecule has 0 aromatic heterocycles. The van der Waals surface area contributed by atoms with Crippen LogP contribution < -0.4 is 4.74 Å². The lowest BCUT2D eigenvalue weighted by Crippen LogP contribution is -2.23. The summed E-state index contributed by atoms with van der Waals surface area (Å²) in [6, 6.07) is 20.7. The highest BCUT2D eigenvalue weighted by molar-refractivity contribution is 9.10. The highest BCUT2D eigenvalue weighted by Crippen LogP contribution is 2.34. The Bertz CT molecular complexity index is 1320. The molecule has 0 aliphatic carbocycles. The first-order chi connectivity index (χ1) is 16.8. The van der Waals surface area contributed by atoms with Crippen LogP contribution in [0.1, 0.15) is 27.0 Å². The van der Waals surface area contributed by atoms with E-state index in [9.17, 15) is 9.59 Å². The fourth-order valence-electron chi connectivity index (χ4n) is 3.27. The predicted octanol–water partition coefficient (Wildman–Crippen LogP) is 6.36. The quantitative estimate of drug-likeness (QED) is 0.264. The van der Waals surface area contributed by atoms with E-state index in [1.165, 1.54) is 29.3 Å². The summed E-state index contributed by atoms with van der Waals surface area (Å²) in [6.45, 7) is 2.52. The van der Waals surface area contributed by atoms with Crippen LogP contribution in [0.5, 0.6) is 5.75 Å². The van der Waals surface area contributed by atoms with Gasteiger partial charge in [-0.3, -0.25) is 9.69 Å². The molecule has 0 unspecified atom stereocenters. The Balaban J connectivity index is 1.46. The van der Waals surface area contributed by atoms with Gasteiger partial charge in [0, 0.05) is 7.05 Å². The van der Waals surface area contributed by atoms with E-state index in [0.29, 0.717) is 27.9 Å². The number of benzene rings is 3. The van der Waals surface area contributed by atoms with Gasteiger partial charge in [-0.15, -0.1) is 0 Å². The molecule has 0 saturated carbocycles. The third-order valence-electron chi connectivity index (χ3n) is 5.29. The Labute approximate surface area is 216 Å². The number of amides is 1. The van der Waals surface area contributed by atoms with E-state index in [0.717, 1.165) is 21.3 Å². The van der Waals surface area contributed by atoms with Gasteiger partial charge in [0.1, 0.15) is 12.4 Å². The number of hydrogen-bond acceptors (Lipinski definition) is 6. The van der Waals surface area contributed by atoms with Crippen LogP contribution in [0.3, 0.4) is 0 Å². The van der Waals surface area contributed by atoms with Crippen molar-refractivity contribution < 1.29 is 19.1 Å². The maximum absolute atomic E-state index is 12.8. The monoisotopic (exact) mass is 550 g/mol. The van der Waals surface area contributed by atoms with E-state index in [1.54, 1.807) is 31.3 Å². The number of likely N-dealkylation sites (N-methyl/N-ethyl adjacent to an activating group) is 1. The fourth-order valence-corrected chi connectivity index (χ4v) is 4.77. The molecule has 3 aromatic carbocycles. The number of amidine groups is 1. The molecule has 0 bridgehead atoms. The minimum atomic E-state index is -0.408. The molecule has 1 fully saturated rings. The summed E-state index contributed by atoms with van der Waals surface area (Å²) in [5.74, 6) is 0.193. The van der Waals surface area contributed by atoms with Gasteiger partial charge in [-0.2, -0.15) is 0 Å². The zero-order valence-corrected chi connectivity index (χ0v) is 21.9. The number of thioether (sulfide) groups is 1. The minimum absolute atomic E-state index is 0.129. The van der Waals surface area contributed by atoms with Crippen molar-refractivity contribution in [3.8, 4) is 5.75 Å². The van der Waals surface area contributed by atoms with E-state index >= 15 is 0 Å². The molecule has 1 saturated heterocycles. The molecular formula is C27H23BrN2O4S. The molecule has 0 radical (unpaired) electrons. The van der Waals surface area contributed by atoms with E-state index in [1.807, 2.05) is 36.4 Å². The number of methoxy groups -OCH3 is 1. The predicted molar refractivity (Wildman–Crippen MR) is 143 cm³/mol. The van der Waals surface area contributed by atoms with E-state index in [2.05, 4.69) is 40.0 Å². The summed E-state index contributed by atoms with van der Waals surface area (Å²) in [4.78, 5) is 31.0. The van der Waals surface area contributed by atoms with Crippen molar-refractivity contribution in [1.82, 2.24) is 4.90 Å². The molecule has 0 N–H and O–H groups in total. The number of ether oxygens (including phenoxy) is 2. The van der Waals surface area contributed by atoms with Gasteiger partial charge in [0.05, 0.1) is 27.7 Å². The summed E-state index contributed by atoms with van der Waals surface area (Å²) in [5.41, 5.74) is 4.25. The van der Waals surface area contributed by atoms with Gasteiger partial charge in [0.2, 0.25) is 0 Å². The highest BCUT2D eigenvalue weighted by Gasteiger charge is 2.30. The van der Waals surface area contributed by atoms with E-state index < -0.39 is 5.97 Å². The van der Waals surface area contributed by atoms with Crippen LogP contribution in [0.2, 0.25) is 0 Å². The van der Waals surface area contributed by atoms with Crippen molar-refractivity contribution in [3.63, 3.8) is 0 Å². The molecule has 8 heteroatoms. The largest absolute Gasteiger partial charge is 0.488 e. The first-order valence-electron chi connectivity index (χ1n) is 10.8. The summed E-state index contributed by atoms with van der Waals surface area (Å²) >= 11 is 4.87. The molecule has 4 rings (SSSR count). The first kappa shape index (κ1) is 24.8. The smallest absolute Gasteiger partial charge is 0.337 e. The van der Waals surface area contributed by atoms with Gasteiger partial charge in [0.25, 0.3) is 5.91 Å². The SMILES string of the molecule is COC(=O)c1ccc(N=C2S/C(=C\c3ccc(OCc4ccc(C)cc4)c(Br)c3)C(=O)N2C)cc1. The second kappa shape index (κ2) is 10.9. The van der Waals surface area contributed by atoms with E-state index in [-0.39, 0.29) is 5.91 Å². The molecular weight excluding hydrogens is 528 g/mol. The third kappa shape index (κ3) is 6.01. The maximum Gasteiger partial charge on any atom is 0.337 e. The van der Waals surface area contributed by atoms with Crippen LogP contribution in [-0.2, 0) is 16.1 Å². The van der Waals surface area contributed by atoms with Gasteiger partial charge < -0.3 is 9.47 Å². The van der Waals surface area contributed by atoms with Crippen molar-refractivity contribution in [2.45, 2.75) is 13.5 Å². The molecule has 35 heavy (non-hydrogen) atoms. The van der Waals surface area contributed by atoms with Crippen molar-refractivity contribution in [3.05, 3.63) is 98.4 Å². The number of esters is 1.